The van der Waals surface area contributed by atoms with Crippen molar-refractivity contribution >= 4 is 7.82 Å². The Morgan fingerprint density at radius 2 is 1.62 bits per heavy atom. The molecular formula is C19H23O4P. The summed E-state index contributed by atoms with van der Waals surface area (Å²) in [5.41, 5.74) is 3.71. The summed E-state index contributed by atoms with van der Waals surface area (Å²) in [6.45, 7) is 8.65. The third-order valence-corrected chi connectivity index (χ3v) is 5.49. The van der Waals surface area contributed by atoms with Crippen molar-refractivity contribution in [2.24, 2.45) is 5.41 Å². The standard InChI is InChI=1S/C19H23O4P/c1-14-10-11-17(16-8-6-5-7-9-16)18(15(14)2)23-24(20)21-12-19(3,4)13-22-24/h5-11H,12-13H2,1-4H3. The maximum absolute atomic E-state index is 12.9. The second kappa shape index (κ2) is 6.36. The number of hydrogen-bond acceptors (Lipinski definition) is 4. The van der Waals surface area contributed by atoms with Gasteiger partial charge in [0, 0.05) is 11.0 Å². The Balaban J connectivity index is 1.98. The van der Waals surface area contributed by atoms with Gasteiger partial charge >= 0.3 is 7.82 Å². The number of phosphoric acid groups is 1. The van der Waals surface area contributed by atoms with Crippen LogP contribution in [0.1, 0.15) is 25.0 Å². The molecule has 2 aromatic rings. The lowest BCUT2D eigenvalue weighted by Crippen LogP contribution is -2.30. The van der Waals surface area contributed by atoms with Crippen LogP contribution in [0.5, 0.6) is 5.75 Å². The second-order valence-corrected chi connectivity index (χ2v) is 8.59. The van der Waals surface area contributed by atoms with Crippen LogP contribution >= 0.6 is 7.82 Å². The van der Waals surface area contributed by atoms with Crippen molar-refractivity contribution in [3.63, 3.8) is 0 Å². The summed E-state index contributed by atoms with van der Waals surface area (Å²) in [5, 5.41) is 0. The van der Waals surface area contributed by atoms with Gasteiger partial charge in [-0.05, 0) is 30.5 Å². The average molecular weight is 346 g/mol. The first-order valence-electron chi connectivity index (χ1n) is 8.04. The van der Waals surface area contributed by atoms with E-state index >= 15 is 0 Å². The van der Waals surface area contributed by atoms with Crippen LogP contribution in [0.3, 0.4) is 0 Å². The molecule has 4 nitrogen and oxygen atoms in total. The maximum atomic E-state index is 12.9. The molecule has 0 aromatic heterocycles. The third kappa shape index (κ3) is 3.56. The molecule has 1 saturated heterocycles. The van der Waals surface area contributed by atoms with Crippen LogP contribution in [-0.2, 0) is 13.6 Å². The Morgan fingerprint density at radius 1 is 1.00 bits per heavy atom. The largest absolute Gasteiger partial charge is 0.530 e. The molecule has 1 aliphatic heterocycles. The van der Waals surface area contributed by atoms with Gasteiger partial charge < -0.3 is 4.52 Å². The fraction of sp³-hybridized carbons (Fsp3) is 0.368. The molecule has 3 rings (SSSR count). The molecule has 0 unspecified atom stereocenters. The highest BCUT2D eigenvalue weighted by atomic mass is 31.2. The lowest BCUT2D eigenvalue weighted by atomic mass is 9.97. The molecule has 2 aromatic carbocycles. The predicted octanol–water partition coefficient (Wildman–Crippen LogP) is 5.53. The highest BCUT2D eigenvalue weighted by molar-refractivity contribution is 7.49. The lowest BCUT2D eigenvalue weighted by molar-refractivity contribution is 0.0181. The van der Waals surface area contributed by atoms with Gasteiger partial charge in [-0.2, -0.15) is 0 Å². The van der Waals surface area contributed by atoms with Gasteiger partial charge in [0.2, 0.25) is 0 Å². The molecule has 0 aliphatic carbocycles. The molecule has 0 atom stereocenters. The Bertz CT molecular complexity index is 769. The Morgan fingerprint density at radius 3 is 2.25 bits per heavy atom. The monoisotopic (exact) mass is 346 g/mol. The van der Waals surface area contributed by atoms with E-state index in [2.05, 4.69) is 0 Å². The van der Waals surface area contributed by atoms with Gasteiger partial charge in [0.05, 0.1) is 13.2 Å². The number of phosphoric ester groups is 1. The Hall–Kier alpha value is -1.61. The molecule has 0 radical (unpaired) electrons. The Kier molecular flexibility index (Phi) is 4.56. The molecule has 0 spiro atoms. The molecule has 0 bridgehead atoms. The zero-order valence-corrected chi connectivity index (χ0v) is 15.4. The van der Waals surface area contributed by atoms with E-state index in [1.807, 2.05) is 70.2 Å². The van der Waals surface area contributed by atoms with Gasteiger partial charge in [-0.3, -0.25) is 9.05 Å². The number of hydrogen-bond donors (Lipinski definition) is 0. The van der Waals surface area contributed by atoms with Gasteiger partial charge in [0.15, 0.2) is 0 Å². The first kappa shape index (κ1) is 17.2. The smallest absolute Gasteiger partial charge is 0.403 e. The molecule has 128 valence electrons. The summed E-state index contributed by atoms with van der Waals surface area (Å²) in [4.78, 5) is 0. The quantitative estimate of drug-likeness (QED) is 0.686. The van der Waals surface area contributed by atoms with E-state index < -0.39 is 7.82 Å². The minimum Gasteiger partial charge on any atom is -0.403 e. The SMILES string of the molecule is Cc1ccc(-c2ccccc2)c(OP2(=O)OCC(C)(C)CO2)c1C. The summed E-state index contributed by atoms with van der Waals surface area (Å²) in [5.74, 6) is 0.559. The van der Waals surface area contributed by atoms with Crippen LogP contribution in [0.25, 0.3) is 11.1 Å². The zero-order chi connectivity index (χ0) is 17.4. The van der Waals surface area contributed by atoms with Crippen LogP contribution in [0.2, 0.25) is 0 Å². The maximum Gasteiger partial charge on any atom is 0.530 e. The summed E-state index contributed by atoms with van der Waals surface area (Å²) >= 11 is 0. The topological polar surface area (TPSA) is 44.8 Å². The molecule has 5 heteroatoms. The van der Waals surface area contributed by atoms with Crippen LogP contribution in [0.4, 0.5) is 0 Å². The van der Waals surface area contributed by atoms with E-state index in [0.717, 1.165) is 22.3 Å². The van der Waals surface area contributed by atoms with Crippen molar-refractivity contribution in [1.29, 1.82) is 0 Å². The van der Waals surface area contributed by atoms with Gasteiger partial charge in [-0.15, -0.1) is 0 Å². The molecule has 0 N–H and O–H groups in total. The van der Waals surface area contributed by atoms with E-state index in [9.17, 15) is 4.57 Å². The minimum absolute atomic E-state index is 0.165. The average Bonchev–Trinajstić information content (AvgIpc) is 2.56. The molecule has 24 heavy (non-hydrogen) atoms. The number of benzene rings is 2. The van der Waals surface area contributed by atoms with Gasteiger partial charge in [-0.1, -0.05) is 56.3 Å². The number of rotatable bonds is 3. The molecule has 0 amide bonds. The van der Waals surface area contributed by atoms with Gasteiger partial charge in [0.1, 0.15) is 5.75 Å². The summed E-state index contributed by atoms with van der Waals surface area (Å²) in [7, 11) is -3.61. The normalized spacial score (nSPS) is 19.0. The zero-order valence-electron chi connectivity index (χ0n) is 14.5. The molecule has 0 saturated carbocycles. The van der Waals surface area contributed by atoms with E-state index in [1.54, 1.807) is 0 Å². The summed E-state index contributed by atoms with van der Waals surface area (Å²) in [6.07, 6.45) is 0. The van der Waals surface area contributed by atoms with E-state index in [4.69, 9.17) is 13.6 Å². The highest BCUT2D eigenvalue weighted by Crippen LogP contribution is 2.56. The third-order valence-electron chi connectivity index (χ3n) is 4.19. The van der Waals surface area contributed by atoms with Crippen molar-refractivity contribution in [3.05, 3.63) is 53.6 Å². The van der Waals surface area contributed by atoms with Crippen molar-refractivity contribution in [1.82, 2.24) is 0 Å². The molecule has 1 aliphatic rings. The minimum atomic E-state index is -3.61. The van der Waals surface area contributed by atoms with Gasteiger partial charge in [-0.25, -0.2) is 4.57 Å². The first-order chi connectivity index (χ1) is 11.3. The molecular weight excluding hydrogens is 323 g/mol. The highest BCUT2D eigenvalue weighted by Gasteiger charge is 2.40. The lowest BCUT2D eigenvalue weighted by Gasteiger charge is -2.33. The van der Waals surface area contributed by atoms with E-state index in [0.29, 0.717) is 19.0 Å². The first-order valence-corrected chi connectivity index (χ1v) is 9.50. The van der Waals surface area contributed by atoms with Gasteiger partial charge in [0.25, 0.3) is 0 Å². The summed E-state index contributed by atoms with van der Waals surface area (Å²) < 4.78 is 29.7. The fourth-order valence-corrected chi connectivity index (χ4v) is 4.16. The fourth-order valence-electron chi connectivity index (χ4n) is 2.50. The summed E-state index contributed by atoms with van der Waals surface area (Å²) in [6, 6.07) is 13.9. The van der Waals surface area contributed by atoms with E-state index in [-0.39, 0.29) is 5.41 Å². The van der Waals surface area contributed by atoms with E-state index in [1.165, 1.54) is 0 Å². The van der Waals surface area contributed by atoms with Crippen molar-refractivity contribution in [2.75, 3.05) is 13.2 Å². The van der Waals surface area contributed by atoms with Crippen LogP contribution in [0, 0.1) is 19.3 Å². The van der Waals surface area contributed by atoms with Crippen LogP contribution in [0.15, 0.2) is 42.5 Å². The Labute approximate surface area is 143 Å². The van der Waals surface area contributed by atoms with Crippen LogP contribution in [-0.4, -0.2) is 13.2 Å². The molecule has 1 heterocycles. The van der Waals surface area contributed by atoms with Crippen molar-refractivity contribution in [2.45, 2.75) is 27.7 Å². The predicted molar refractivity (Wildman–Crippen MR) is 95.3 cm³/mol. The van der Waals surface area contributed by atoms with Crippen LogP contribution < -0.4 is 4.52 Å². The number of aryl methyl sites for hydroxylation is 1. The van der Waals surface area contributed by atoms with Crippen molar-refractivity contribution < 1.29 is 18.1 Å². The second-order valence-electron chi connectivity index (χ2n) is 7.00. The van der Waals surface area contributed by atoms with Crippen molar-refractivity contribution in [3.8, 4) is 16.9 Å². The molecule has 1 fully saturated rings.